The summed E-state index contributed by atoms with van der Waals surface area (Å²) in [5, 5.41) is 5.09. The minimum absolute atomic E-state index is 0.138. The lowest BCUT2D eigenvalue weighted by molar-refractivity contribution is -0.127. The van der Waals surface area contributed by atoms with Crippen LogP contribution in [0.15, 0.2) is 64.6 Å². The first-order chi connectivity index (χ1) is 16.2. The zero-order valence-corrected chi connectivity index (χ0v) is 19.7. The molecule has 2 amide bonds. The van der Waals surface area contributed by atoms with Gasteiger partial charge in [-0.15, -0.1) is 11.3 Å². The van der Waals surface area contributed by atoms with Gasteiger partial charge in [-0.25, -0.2) is 0 Å². The number of hydrogen-bond acceptors (Lipinski definition) is 5. The van der Waals surface area contributed by atoms with Crippen molar-refractivity contribution < 1.29 is 18.7 Å². The number of thiophene rings is 1. The van der Waals surface area contributed by atoms with Crippen molar-refractivity contribution in [1.82, 2.24) is 10.2 Å². The van der Waals surface area contributed by atoms with Crippen molar-refractivity contribution in [2.45, 2.75) is 57.7 Å². The zero-order valence-electron chi connectivity index (χ0n) is 18.9. The zero-order chi connectivity index (χ0) is 23.0. The molecule has 0 spiro atoms. The van der Waals surface area contributed by atoms with Crippen molar-refractivity contribution in [2.24, 2.45) is 0 Å². The molecule has 3 aromatic rings. The molecule has 1 fully saturated rings. The minimum atomic E-state index is -0.790. The molecule has 6 nitrogen and oxygen atoms in total. The number of ether oxygens (including phenoxy) is 1. The van der Waals surface area contributed by atoms with E-state index in [0.717, 1.165) is 37.0 Å². The molecule has 2 aromatic heterocycles. The molecular weight excluding hydrogens is 436 g/mol. The molecule has 1 aliphatic rings. The van der Waals surface area contributed by atoms with Gasteiger partial charge in [0, 0.05) is 6.04 Å². The lowest BCUT2D eigenvalue weighted by Crippen LogP contribution is -2.46. The van der Waals surface area contributed by atoms with Gasteiger partial charge in [-0.2, -0.15) is 0 Å². The molecule has 0 unspecified atom stereocenters. The van der Waals surface area contributed by atoms with Gasteiger partial charge in [-0.05, 0) is 61.0 Å². The van der Waals surface area contributed by atoms with Crippen LogP contribution in [0.5, 0.6) is 5.75 Å². The number of nitrogens with one attached hydrogen (secondary N) is 1. The number of furan rings is 1. The highest BCUT2D eigenvalue weighted by atomic mass is 32.1. The summed E-state index contributed by atoms with van der Waals surface area (Å²) in [5.74, 6) is 0.998. The smallest absolute Gasteiger partial charge is 0.265 e. The summed E-state index contributed by atoms with van der Waals surface area (Å²) in [6.45, 7) is 2.69. The minimum Gasteiger partial charge on any atom is -0.494 e. The predicted molar refractivity (Wildman–Crippen MR) is 128 cm³/mol. The van der Waals surface area contributed by atoms with Crippen LogP contribution in [0.1, 0.15) is 66.1 Å². The molecule has 1 atom stereocenters. The van der Waals surface area contributed by atoms with E-state index in [0.29, 0.717) is 17.2 Å². The maximum absolute atomic E-state index is 13.7. The third kappa shape index (κ3) is 5.85. The van der Waals surface area contributed by atoms with Gasteiger partial charge in [0.15, 0.2) is 0 Å². The lowest BCUT2D eigenvalue weighted by Gasteiger charge is -2.32. The fraction of sp³-hybridized carbons (Fsp3) is 0.385. The number of carbonyl (C=O) groups is 2. The average molecular weight is 467 g/mol. The molecule has 1 N–H and O–H groups in total. The summed E-state index contributed by atoms with van der Waals surface area (Å²) < 4.78 is 11.1. The molecule has 33 heavy (non-hydrogen) atoms. The first-order valence-corrected chi connectivity index (χ1v) is 12.4. The molecule has 0 radical (unpaired) electrons. The molecule has 1 aromatic carbocycles. The standard InChI is InChI=1S/C26H30N2O4S/c1-2-31-21-14-12-19(13-15-21)24(25(29)27-20-8-4-3-5-9-20)28(18-22-10-6-16-32-22)26(30)23-11-7-17-33-23/h6-7,10-17,20,24H,2-5,8-9,18H2,1H3,(H,27,29)/t24-/m0/s1. The highest BCUT2D eigenvalue weighted by Crippen LogP contribution is 2.29. The van der Waals surface area contributed by atoms with Crippen LogP contribution in [0.4, 0.5) is 0 Å². The van der Waals surface area contributed by atoms with E-state index in [1.165, 1.54) is 17.8 Å². The Balaban J connectivity index is 1.69. The summed E-state index contributed by atoms with van der Waals surface area (Å²) in [4.78, 5) is 29.5. The monoisotopic (exact) mass is 466 g/mol. The summed E-state index contributed by atoms with van der Waals surface area (Å²) >= 11 is 1.37. The second kappa shape index (κ2) is 11.2. The van der Waals surface area contributed by atoms with Gasteiger partial charge in [0.1, 0.15) is 17.6 Å². The fourth-order valence-electron chi connectivity index (χ4n) is 4.31. The largest absolute Gasteiger partial charge is 0.494 e. The molecule has 1 aliphatic carbocycles. The van der Waals surface area contributed by atoms with Crippen molar-refractivity contribution in [3.8, 4) is 5.75 Å². The van der Waals surface area contributed by atoms with E-state index in [9.17, 15) is 9.59 Å². The Morgan fingerprint density at radius 2 is 1.91 bits per heavy atom. The topological polar surface area (TPSA) is 71.8 Å². The van der Waals surface area contributed by atoms with Gasteiger partial charge in [0.2, 0.25) is 5.91 Å². The van der Waals surface area contributed by atoms with Crippen molar-refractivity contribution in [1.29, 1.82) is 0 Å². The summed E-state index contributed by atoms with van der Waals surface area (Å²) in [6, 6.07) is 14.0. The lowest BCUT2D eigenvalue weighted by atomic mass is 9.94. The number of carbonyl (C=O) groups excluding carboxylic acids is 2. The molecule has 7 heteroatoms. The van der Waals surface area contributed by atoms with Crippen molar-refractivity contribution in [2.75, 3.05) is 6.61 Å². The predicted octanol–water partition coefficient (Wildman–Crippen LogP) is 5.57. The molecule has 0 saturated heterocycles. The molecule has 0 aliphatic heterocycles. The number of amides is 2. The van der Waals surface area contributed by atoms with Gasteiger partial charge >= 0.3 is 0 Å². The molecule has 174 valence electrons. The highest BCUT2D eigenvalue weighted by Gasteiger charge is 2.34. The Morgan fingerprint density at radius 3 is 2.55 bits per heavy atom. The van der Waals surface area contributed by atoms with E-state index < -0.39 is 6.04 Å². The van der Waals surface area contributed by atoms with Gasteiger partial charge in [-0.3, -0.25) is 9.59 Å². The first kappa shape index (κ1) is 23.1. The molecule has 2 heterocycles. The number of benzene rings is 1. The summed E-state index contributed by atoms with van der Waals surface area (Å²) in [5.41, 5.74) is 0.739. The Hall–Kier alpha value is -3.06. The van der Waals surface area contributed by atoms with Gasteiger partial charge in [0.05, 0.1) is 24.3 Å². The van der Waals surface area contributed by atoms with E-state index in [1.54, 1.807) is 23.3 Å². The molecule has 0 bridgehead atoms. The van der Waals surface area contributed by atoms with Crippen molar-refractivity contribution in [3.63, 3.8) is 0 Å². The van der Waals surface area contributed by atoms with Crippen LogP contribution in [0, 0.1) is 0 Å². The van der Waals surface area contributed by atoms with Crippen LogP contribution >= 0.6 is 11.3 Å². The van der Waals surface area contributed by atoms with E-state index in [4.69, 9.17) is 9.15 Å². The van der Waals surface area contributed by atoms with Gasteiger partial charge in [-0.1, -0.05) is 37.5 Å². The maximum atomic E-state index is 13.7. The third-order valence-corrected chi connectivity index (χ3v) is 6.78. The Morgan fingerprint density at radius 1 is 1.12 bits per heavy atom. The van der Waals surface area contributed by atoms with Crippen LogP contribution < -0.4 is 10.1 Å². The van der Waals surface area contributed by atoms with Crippen LogP contribution in [0.3, 0.4) is 0 Å². The van der Waals surface area contributed by atoms with Crippen molar-refractivity contribution >= 4 is 23.2 Å². The van der Waals surface area contributed by atoms with Crippen LogP contribution in [-0.2, 0) is 11.3 Å². The first-order valence-electron chi connectivity index (χ1n) is 11.6. The van der Waals surface area contributed by atoms with Crippen LogP contribution in [-0.4, -0.2) is 29.4 Å². The Kier molecular flexibility index (Phi) is 7.83. The average Bonchev–Trinajstić information content (AvgIpc) is 3.55. The quantitative estimate of drug-likeness (QED) is 0.447. The summed E-state index contributed by atoms with van der Waals surface area (Å²) in [7, 11) is 0. The number of hydrogen-bond donors (Lipinski definition) is 1. The molecule has 4 rings (SSSR count). The fourth-order valence-corrected chi connectivity index (χ4v) is 4.98. The maximum Gasteiger partial charge on any atom is 0.265 e. The second-order valence-electron chi connectivity index (χ2n) is 8.24. The number of nitrogens with zero attached hydrogens (tertiary/aromatic N) is 1. The van der Waals surface area contributed by atoms with Crippen LogP contribution in [0.25, 0.3) is 0 Å². The van der Waals surface area contributed by atoms with Crippen molar-refractivity contribution in [3.05, 3.63) is 76.4 Å². The normalized spacial score (nSPS) is 15.1. The van der Waals surface area contributed by atoms with Crippen LogP contribution in [0.2, 0.25) is 0 Å². The third-order valence-electron chi connectivity index (χ3n) is 5.92. The molecular formula is C26H30N2O4S. The van der Waals surface area contributed by atoms with Gasteiger partial charge < -0.3 is 19.4 Å². The highest BCUT2D eigenvalue weighted by molar-refractivity contribution is 7.12. The van der Waals surface area contributed by atoms with E-state index in [-0.39, 0.29) is 24.4 Å². The van der Waals surface area contributed by atoms with E-state index in [2.05, 4.69) is 5.32 Å². The summed E-state index contributed by atoms with van der Waals surface area (Å²) in [6.07, 6.45) is 6.96. The number of rotatable bonds is 9. The van der Waals surface area contributed by atoms with Gasteiger partial charge in [0.25, 0.3) is 5.91 Å². The van der Waals surface area contributed by atoms with E-state index >= 15 is 0 Å². The SMILES string of the molecule is CCOc1ccc([C@@H](C(=O)NC2CCCCC2)N(Cc2ccco2)C(=O)c2cccs2)cc1. The molecule has 1 saturated carbocycles. The Labute approximate surface area is 198 Å². The second-order valence-corrected chi connectivity index (χ2v) is 9.19. The Bertz CT molecular complexity index is 1010. The van der Waals surface area contributed by atoms with E-state index in [1.807, 2.05) is 48.7 Å².